The van der Waals surface area contributed by atoms with E-state index >= 15 is 0 Å². The summed E-state index contributed by atoms with van der Waals surface area (Å²) in [6.45, 7) is 0.386. The summed E-state index contributed by atoms with van der Waals surface area (Å²) in [5.74, 6) is -0.948. The van der Waals surface area contributed by atoms with Gasteiger partial charge in [-0.05, 0) is 17.7 Å². The smallest absolute Gasteiger partial charge is 0.185 e. The molecule has 2 N–H and O–H groups in total. The van der Waals surface area contributed by atoms with Crippen molar-refractivity contribution in [2.24, 2.45) is 5.73 Å². The lowest BCUT2D eigenvalue weighted by atomic mass is 10.1. The fourth-order valence-corrected chi connectivity index (χ4v) is 3.04. The zero-order valence-electron chi connectivity index (χ0n) is 10.8. The van der Waals surface area contributed by atoms with Crippen molar-refractivity contribution in [2.75, 3.05) is 5.75 Å². The predicted octanol–water partition coefficient (Wildman–Crippen LogP) is 1.80. The summed E-state index contributed by atoms with van der Waals surface area (Å²) < 4.78 is 24.2. The van der Waals surface area contributed by atoms with E-state index in [1.54, 1.807) is 42.5 Å². The third kappa shape index (κ3) is 3.31. The maximum absolute atomic E-state index is 12.1. The van der Waals surface area contributed by atoms with Crippen molar-refractivity contribution in [3.05, 3.63) is 65.7 Å². The molecule has 0 atom stereocenters. The predicted molar refractivity (Wildman–Crippen MR) is 77.2 cm³/mol. The zero-order valence-corrected chi connectivity index (χ0v) is 11.6. The summed E-state index contributed by atoms with van der Waals surface area (Å²) in [6, 6.07) is 14.6. The van der Waals surface area contributed by atoms with Gasteiger partial charge in [-0.2, -0.15) is 0 Å². The normalized spacial score (nSPS) is 11.2. The van der Waals surface area contributed by atoms with Gasteiger partial charge in [0.05, 0.1) is 4.90 Å². The average Bonchev–Trinajstić information content (AvgIpc) is 2.48. The van der Waals surface area contributed by atoms with E-state index in [1.807, 2.05) is 0 Å². The summed E-state index contributed by atoms with van der Waals surface area (Å²) in [7, 11) is -3.60. The van der Waals surface area contributed by atoms with Crippen LogP contribution in [0.3, 0.4) is 0 Å². The first-order valence-electron chi connectivity index (χ1n) is 6.13. The Kier molecular flexibility index (Phi) is 4.32. The molecule has 2 rings (SSSR count). The van der Waals surface area contributed by atoms with Gasteiger partial charge in [0.15, 0.2) is 15.6 Å². The van der Waals surface area contributed by atoms with Crippen LogP contribution in [0.25, 0.3) is 0 Å². The van der Waals surface area contributed by atoms with Crippen molar-refractivity contribution in [3.63, 3.8) is 0 Å². The van der Waals surface area contributed by atoms with Crippen molar-refractivity contribution >= 4 is 15.6 Å². The molecule has 0 spiro atoms. The standard InChI is InChI=1S/C15H15NO3S/c16-10-12-6-8-13(9-7-12)15(17)11-20(18,19)14-4-2-1-3-5-14/h1-9H,10-11,16H2. The molecule has 0 aliphatic heterocycles. The van der Waals surface area contributed by atoms with E-state index in [4.69, 9.17) is 5.73 Å². The van der Waals surface area contributed by atoms with Gasteiger partial charge < -0.3 is 5.73 Å². The summed E-state index contributed by atoms with van der Waals surface area (Å²) in [5, 5.41) is 0. The number of sulfone groups is 1. The Labute approximate surface area is 118 Å². The maximum atomic E-state index is 12.1. The van der Waals surface area contributed by atoms with Gasteiger partial charge in [-0.1, -0.05) is 42.5 Å². The van der Waals surface area contributed by atoms with Gasteiger partial charge >= 0.3 is 0 Å². The average molecular weight is 289 g/mol. The lowest BCUT2D eigenvalue weighted by molar-refractivity contribution is 0.102. The van der Waals surface area contributed by atoms with Gasteiger partial charge in [0.1, 0.15) is 5.75 Å². The Bertz CT molecular complexity index is 692. The second-order valence-corrected chi connectivity index (χ2v) is 6.39. The number of carbonyl (C=O) groups excluding carboxylic acids is 1. The minimum atomic E-state index is -3.60. The van der Waals surface area contributed by atoms with Gasteiger partial charge in [-0.25, -0.2) is 8.42 Å². The Morgan fingerprint density at radius 3 is 2.10 bits per heavy atom. The molecular weight excluding hydrogens is 274 g/mol. The first kappa shape index (κ1) is 14.4. The fraction of sp³-hybridized carbons (Fsp3) is 0.133. The van der Waals surface area contributed by atoms with Crippen molar-refractivity contribution in [2.45, 2.75) is 11.4 Å². The molecule has 0 aliphatic carbocycles. The van der Waals surface area contributed by atoms with Crippen LogP contribution in [0.2, 0.25) is 0 Å². The van der Waals surface area contributed by atoms with Crippen molar-refractivity contribution in [3.8, 4) is 0 Å². The van der Waals surface area contributed by atoms with Gasteiger partial charge in [-0.15, -0.1) is 0 Å². The molecule has 20 heavy (non-hydrogen) atoms. The third-order valence-corrected chi connectivity index (χ3v) is 4.57. The molecule has 0 saturated carbocycles. The second kappa shape index (κ2) is 5.98. The number of hydrogen-bond donors (Lipinski definition) is 1. The van der Waals surface area contributed by atoms with Crippen molar-refractivity contribution < 1.29 is 13.2 Å². The van der Waals surface area contributed by atoms with E-state index in [1.165, 1.54) is 12.1 Å². The Hall–Kier alpha value is -1.98. The molecule has 0 bridgehead atoms. The van der Waals surface area contributed by atoms with Gasteiger partial charge in [0.2, 0.25) is 0 Å². The highest BCUT2D eigenvalue weighted by Crippen LogP contribution is 2.13. The highest BCUT2D eigenvalue weighted by atomic mass is 32.2. The Morgan fingerprint density at radius 1 is 0.950 bits per heavy atom. The molecule has 2 aromatic carbocycles. The van der Waals surface area contributed by atoms with E-state index in [-0.39, 0.29) is 4.90 Å². The van der Waals surface area contributed by atoms with Crippen LogP contribution in [0, 0.1) is 0 Å². The largest absolute Gasteiger partial charge is 0.326 e. The van der Waals surface area contributed by atoms with Crippen LogP contribution in [0.1, 0.15) is 15.9 Å². The lowest BCUT2D eigenvalue weighted by Gasteiger charge is -2.04. The number of nitrogens with two attached hydrogens (primary N) is 1. The molecule has 0 aromatic heterocycles. The lowest BCUT2D eigenvalue weighted by Crippen LogP contribution is -2.16. The van der Waals surface area contributed by atoms with Crippen LogP contribution in [-0.4, -0.2) is 20.0 Å². The number of ketones is 1. The van der Waals surface area contributed by atoms with Crippen LogP contribution in [0.15, 0.2) is 59.5 Å². The molecule has 4 nitrogen and oxygen atoms in total. The summed E-state index contributed by atoms with van der Waals surface area (Å²) in [6.07, 6.45) is 0. The number of rotatable bonds is 5. The second-order valence-electron chi connectivity index (χ2n) is 4.40. The zero-order chi connectivity index (χ0) is 14.6. The number of carbonyl (C=O) groups is 1. The van der Waals surface area contributed by atoms with Crippen LogP contribution in [0.4, 0.5) is 0 Å². The monoisotopic (exact) mass is 289 g/mol. The Balaban J connectivity index is 2.18. The highest BCUT2D eigenvalue weighted by Gasteiger charge is 2.19. The molecule has 2 aromatic rings. The Morgan fingerprint density at radius 2 is 1.55 bits per heavy atom. The minimum absolute atomic E-state index is 0.159. The first-order chi connectivity index (χ1) is 9.53. The van der Waals surface area contributed by atoms with E-state index in [0.29, 0.717) is 12.1 Å². The topological polar surface area (TPSA) is 77.2 Å². The molecule has 5 heteroatoms. The SMILES string of the molecule is NCc1ccc(C(=O)CS(=O)(=O)c2ccccc2)cc1. The van der Waals surface area contributed by atoms with Crippen LogP contribution < -0.4 is 5.73 Å². The molecule has 0 fully saturated rings. The van der Waals surface area contributed by atoms with Crippen LogP contribution >= 0.6 is 0 Å². The summed E-state index contributed by atoms with van der Waals surface area (Å²) in [5.41, 5.74) is 6.75. The first-order valence-corrected chi connectivity index (χ1v) is 7.78. The molecule has 0 aliphatic rings. The fourth-order valence-electron chi connectivity index (χ4n) is 1.79. The summed E-state index contributed by atoms with van der Waals surface area (Å²) in [4.78, 5) is 12.2. The van der Waals surface area contributed by atoms with Crippen LogP contribution in [0.5, 0.6) is 0 Å². The van der Waals surface area contributed by atoms with Crippen LogP contribution in [-0.2, 0) is 16.4 Å². The molecular formula is C15H15NO3S. The van der Waals surface area contributed by atoms with Gasteiger partial charge in [0, 0.05) is 12.1 Å². The molecule has 0 radical (unpaired) electrons. The van der Waals surface area contributed by atoms with Gasteiger partial charge in [0.25, 0.3) is 0 Å². The van der Waals surface area contributed by atoms with E-state index in [2.05, 4.69) is 0 Å². The molecule has 0 unspecified atom stereocenters. The van der Waals surface area contributed by atoms with Crippen molar-refractivity contribution in [1.29, 1.82) is 0 Å². The van der Waals surface area contributed by atoms with E-state index in [9.17, 15) is 13.2 Å². The molecule has 0 saturated heterocycles. The number of benzene rings is 2. The third-order valence-electron chi connectivity index (χ3n) is 2.94. The number of hydrogen-bond acceptors (Lipinski definition) is 4. The van der Waals surface area contributed by atoms with Gasteiger partial charge in [-0.3, -0.25) is 4.79 Å². The summed E-state index contributed by atoms with van der Waals surface area (Å²) >= 11 is 0. The van der Waals surface area contributed by atoms with Crippen molar-refractivity contribution in [1.82, 2.24) is 0 Å². The minimum Gasteiger partial charge on any atom is -0.326 e. The highest BCUT2D eigenvalue weighted by molar-refractivity contribution is 7.92. The molecule has 104 valence electrons. The number of Topliss-reactive ketones (excluding diaryl/α,β-unsaturated/α-hetero) is 1. The molecule has 0 amide bonds. The molecule has 0 heterocycles. The van der Waals surface area contributed by atoms with E-state index < -0.39 is 21.4 Å². The maximum Gasteiger partial charge on any atom is 0.185 e. The quantitative estimate of drug-likeness (QED) is 0.851. The van der Waals surface area contributed by atoms with E-state index in [0.717, 1.165) is 5.56 Å².